The second-order valence-corrected chi connectivity index (χ2v) is 5.68. The third-order valence-corrected chi connectivity index (χ3v) is 3.91. The van der Waals surface area contributed by atoms with Crippen LogP contribution in [0.25, 0.3) is 0 Å². The Morgan fingerprint density at radius 1 is 1.19 bits per heavy atom. The molecule has 2 aromatic rings. The number of nitrogen functional groups attached to an aromatic ring is 1. The van der Waals surface area contributed by atoms with E-state index >= 15 is 0 Å². The van der Waals surface area contributed by atoms with Crippen LogP contribution in [0.2, 0.25) is 0 Å². The van der Waals surface area contributed by atoms with Crippen LogP contribution in [0.3, 0.4) is 0 Å². The van der Waals surface area contributed by atoms with E-state index in [0.717, 1.165) is 12.1 Å². The second-order valence-electron chi connectivity index (χ2n) is 4.23. The predicted molar refractivity (Wildman–Crippen MR) is 77.1 cm³/mol. The van der Waals surface area contributed by atoms with Gasteiger partial charge in [0.1, 0.15) is 17.4 Å². The van der Waals surface area contributed by atoms with Gasteiger partial charge in [0.2, 0.25) is 5.91 Å². The van der Waals surface area contributed by atoms with Gasteiger partial charge in [0.05, 0.1) is 16.5 Å². The molecule has 0 aromatic heterocycles. The first kappa shape index (κ1) is 15.1. The molecule has 1 amide bonds. The van der Waals surface area contributed by atoms with Crippen molar-refractivity contribution in [2.45, 2.75) is 4.90 Å². The molecule has 4 nitrogen and oxygen atoms in total. The van der Waals surface area contributed by atoms with Crippen LogP contribution in [0, 0.1) is 11.6 Å². The molecule has 0 aliphatic heterocycles. The van der Waals surface area contributed by atoms with E-state index in [4.69, 9.17) is 5.73 Å². The molecule has 0 saturated carbocycles. The van der Waals surface area contributed by atoms with E-state index in [1.807, 2.05) is 0 Å². The summed E-state index contributed by atoms with van der Waals surface area (Å²) in [5, 5.41) is 2.45. The monoisotopic (exact) mass is 310 g/mol. The number of nitrogens with two attached hydrogens (primary N) is 1. The highest BCUT2D eigenvalue weighted by Crippen LogP contribution is 2.16. The van der Waals surface area contributed by atoms with Crippen LogP contribution in [-0.4, -0.2) is 15.9 Å². The Morgan fingerprint density at radius 3 is 2.62 bits per heavy atom. The number of anilines is 2. The third-order valence-electron chi connectivity index (χ3n) is 2.60. The summed E-state index contributed by atoms with van der Waals surface area (Å²) >= 11 is 0. The molecule has 110 valence electrons. The fraction of sp³-hybridized carbons (Fsp3) is 0.0714. The lowest BCUT2D eigenvalue weighted by Gasteiger charge is -2.06. The Morgan fingerprint density at radius 2 is 1.95 bits per heavy atom. The second kappa shape index (κ2) is 6.45. The Balaban J connectivity index is 2.01. The molecule has 0 saturated heterocycles. The Kier molecular flexibility index (Phi) is 4.64. The molecule has 1 atom stereocenters. The zero-order valence-electron chi connectivity index (χ0n) is 10.8. The van der Waals surface area contributed by atoms with Crippen molar-refractivity contribution in [2.75, 3.05) is 16.8 Å². The fourth-order valence-electron chi connectivity index (χ4n) is 1.63. The van der Waals surface area contributed by atoms with Gasteiger partial charge in [0.15, 0.2) is 0 Å². The number of rotatable bonds is 4. The average molecular weight is 310 g/mol. The number of carbonyl (C=O) groups is 1. The zero-order chi connectivity index (χ0) is 15.4. The van der Waals surface area contributed by atoms with Gasteiger partial charge in [-0.2, -0.15) is 0 Å². The molecular formula is C14H12F2N2O2S. The van der Waals surface area contributed by atoms with Gasteiger partial charge in [-0.05, 0) is 36.4 Å². The van der Waals surface area contributed by atoms with Crippen LogP contribution in [0.4, 0.5) is 20.2 Å². The van der Waals surface area contributed by atoms with E-state index in [1.165, 1.54) is 30.3 Å². The molecule has 0 aliphatic rings. The molecule has 0 bridgehead atoms. The largest absolute Gasteiger partial charge is 0.396 e. The summed E-state index contributed by atoms with van der Waals surface area (Å²) < 4.78 is 37.9. The van der Waals surface area contributed by atoms with Crippen LogP contribution in [-0.2, 0) is 15.6 Å². The summed E-state index contributed by atoms with van der Waals surface area (Å²) in [7, 11) is -1.66. The van der Waals surface area contributed by atoms with Crippen molar-refractivity contribution in [1.29, 1.82) is 0 Å². The first-order valence-corrected chi connectivity index (χ1v) is 7.26. The minimum Gasteiger partial charge on any atom is -0.396 e. The van der Waals surface area contributed by atoms with E-state index in [2.05, 4.69) is 5.32 Å². The molecule has 0 radical (unpaired) electrons. The lowest BCUT2D eigenvalue weighted by Crippen LogP contribution is -2.19. The van der Waals surface area contributed by atoms with Gasteiger partial charge >= 0.3 is 0 Å². The van der Waals surface area contributed by atoms with Gasteiger partial charge in [-0.25, -0.2) is 8.78 Å². The van der Waals surface area contributed by atoms with Crippen molar-refractivity contribution in [3.05, 3.63) is 54.1 Å². The van der Waals surface area contributed by atoms with Crippen molar-refractivity contribution in [2.24, 2.45) is 0 Å². The number of hydrogen-bond donors (Lipinski definition) is 2. The number of amides is 1. The lowest BCUT2D eigenvalue weighted by molar-refractivity contribution is -0.113. The lowest BCUT2D eigenvalue weighted by atomic mass is 10.2. The molecule has 2 rings (SSSR count). The topological polar surface area (TPSA) is 72.2 Å². The zero-order valence-corrected chi connectivity index (χ0v) is 11.6. The summed E-state index contributed by atoms with van der Waals surface area (Å²) in [4.78, 5) is 12.0. The smallest absolute Gasteiger partial charge is 0.237 e. The number of benzene rings is 2. The molecule has 1 unspecified atom stereocenters. The Bertz CT molecular complexity index is 707. The van der Waals surface area contributed by atoms with Crippen molar-refractivity contribution in [3.63, 3.8) is 0 Å². The van der Waals surface area contributed by atoms with Gasteiger partial charge in [-0.15, -0.1) is 0 Å². The number of halogens is 2. The maximum atomic E-state index is 13.0. The van der Waals surface area contributed by atoms with E-state index in [-0.39, 0.29) is 16.3 Å². The maximum absolute atomic E-state index is 13.0. The molecule has 3 N–H and O–H groups in total. The number of nitrogens with one attached hydrogen (secondary N) is 1. The van der Waals surface area contributed by atoms with Crippen molar-refractivity contribution in [3.8, 4) is 0 Å². The van der Waals surface area contributed by atoms with Gasteiger partial charge in [0, 0.05) is 10.6 Å². The Hall–Kier alpha value is -2.28. The number of hydrogen-bond acceptors (Lipinski definition) is 3. The first-order chi connectivity index (χ1) is 9.95. The van der Waals surface area contributed by atoms with Gasteiger partial charge in [-0.3, -0.25) is 9.00 Å². The molecular weight excluding hydrogens is 298 g/mol. The third kappa shape index (κ3) is 4.09. The molecule has 7 heteroatoms. The van der Waals surface area contributed by atoms with E-state index in [1.54, 1.807) is 0 Å². The summed E-state index contributed by atoms with van der Waals surface area (Å²) in [6.07, 6.45) is 0. The maximum Gasteiger partial charge on any atom is 0.237 e. The molecule has 0 heterocycles. The summed E-state index contributed by atoms with van der Waals surface area (Å²) in [6.45, 7) is 0. The molecule has 2 aromatic carbocycles. The summed E-state index contributed by atoms with van der Waals surface area (Å²) in [6, 6.07) is 8.95. The minimum absolute atomic E-state index is 0.0981. The highest BCUT2D eigenvalue weighted by Gasteiger charge is 2.11. The van der Waals surface area contributed by atoms with Crippen molar-refractivity contribution in [1.82, 2.24) is 0 Å². The number of carbonyl (C=O) groups excluding carboxylic acids is 1. The van der Waals surface area contributed by atoms with Crippen molar-refractivity contribution >= 4 is 28.1 Å². The molecule has 21 heavy (non-hydrogen) atoms. The van der Waals surface area contributed by atoms with E-state index in [9.17, 15) is 17.8 Å². The highest BCUT2D eigenvalue weighted by atomic mass is 32.2. The van der Waals surface area contributed by atoms with Gasteiger partial charge < -0.3 is 11.1 Å². The SMILES string of the molecule is Nc1cc(NC(=O)CS(=O)c2cccc(F)c2)ccc1F. The Labute approximate surface area is 122 Å². The highest BCUT2D eigenvalue weighted by molar-refractivity contribution is 7.85. The molecule has 0 fully saturated rings. The van der Waals surface area contributed by atoms with Gasteiger partial charge in [0.25, 0.3) is 0 Å². The van der Waals surface area contributed by atoms with Crippen LogP contribution >= 0.6 is 0 Å². The summed E-state index contributed by atoms with van der Waals surface area (Å²) in [5.74, 6) is -1.98. The van der Waals surface area contributed by atoms with Crippen LogP contribution < -0.4 is 11.1 Å². The fourth-order valence-corrected chi connectivity index (χ4v) is 2.58. The standard InChI is InChI=1S/C14H12F2N2O2S/c15-9-2-1-3-11(6-9)21(20)8-14(19)18-10-4-5-12(16)13(17)7-10/h1-7H,8,17H2,(H,18,19). The minimum atomic E-state index is -1.66. The van der Waals surface area contributed by atoms with Gasteiger partial charge in [-0.1, -0.05) is 6.07 Å². The van der Waals surface area contributed by atoms with Crippen LogP contribution in [0.15, 0.2) is 47.4 Å². The molecule has 0 spiro atoms. The summed E-state index contributed by atoms with van der Waals surface area (Å²) in [5.41, 5.74) is 5.58. The van der Waals surface area contributed by atoms with Crippen molar-refractivity contribution < 1.29 is 17.8 Å². The van der Waals surface area contributed by atoms with E-state index < -0.39 is 28.3 Å². The first-order valence-electron chi connectivity index (χ1n) is 5.94. The van der Waals surface area contributed by atoms with E-state index in [0.29, 0.717) is 5.69 Å². The van der Waals surface area contributed by atoms with Crippen LogP contribution in [0.1, 0.15) is 0 Å². The van der Waals surface area contributed by atoms with Crippen LogP contribution in [0.5, 0.6) is 0 Å². The molecule has 0 aliphatic carbocycles. The average Bonchev–Trinajstić information content (AvgIpc) is 2.43. The quantitative estimate of drug-likeness (QED) is 0.851. The predicted octanol–water partition coefficient (Wildman–Crippen LogP) is 2.29. The normalized spacial score (nSPS) is 11.9.